The molecule has 0 aliphatic carbocycles. The quantitative estimate of drug-likeness (QED) is 0.895. The summed E-state index contributed by atoms with van der Waals surface area (Å²) in [7, 11) is 2.04. The summed E-state index contributed by atoms with van der Waals surface area (Å²) in [5, 5.41) is 3.55. The topological polar surface area (TPSA) is 29.9 Å². The third-order valence-electron chi connectivity index (χ3n) is 3.30. The van der Waals surface area contributed by atoms with Crippen LogP contribution in [0.2, 0.25) is 0 Å². The van der Waals surface area contributed by atoms with Crippen LogP contribution in [-0.2, 0) is 7.05 Å². The highest BCUT2D eigenvalue weighted by atomic mass is 15.1. The lowest BCUT2D eigenvalue weighted by Gasteiger charge is -2.21. The van der Waals surface area contributed by atoms with Crippen LogP contribution >= 0.6 is 0 Å². The maximum atomic E-state index is 4.23. The van der Waals surface area contributed by atoms with Crippen LogP contribution in [0.3, 0.4) is 0 Å². The Bertz CT molecular complexity index is 528. The van der Waals surface area contributed by atoms with E-state index in [1.165, 1.54) is 22.4 Å². The summed E-state index contributed by atoms with van der Waals surface area (Å²) < 4.78 is 2.08. The fourth-order valence-corrected chi connectivity index (χ4v) is 2.29. The molecule has 0 amide bonds. The first-order chi connectivity index (χ1) is 8.63. The van der Waals surface area contributed by atoms with E-state index in [2.05, 4.69) is 53.8 Å². The van der Waals surface area contributed by atoms with Crippen LogP contribution in [0.5, 0.6) is 0 Å². The van der Waals surface area contributed by atoms with Crippen LogP contribution in [0, 0.1) is 13.8 Å². The van der Waals surface area contributed by atoms with E-state index in [4.69, 9.17) is 0 Å². The third kappa shape index (κ3) is 2.46. The molecule has 0 aliphatic heterocycles. The van der Waals surface area contributed by atoms with E-state index in [1.807, 2.05) is 19.6 Å². The van der Waals surface area contributed by atoms with Gasteiger partial charge in [-0.25, -0.2) is 4.98 Å². The first-order valence-electron chi connectivity index (χ1n) is 6.40. The number of nitrogens with one attached hydrogen (secondary N) is 1. The molecule has 0 radical (unpaired) electrons. The SMILES string of the molecule is CCNC(c1cc(C)ccc1C)c1cncn1C. The second kappa shape index (κ2) is 5.36. The van der Waals surface area contributed by atoms with Crippen molar-refractivity contribution < 1.29 is 0 Å². The Morgan fingerprint density at radius 3 is 2.72 bits per heavy atom. The summed E-state index contributed by atoms with van der Waals surface area (Å²) in [5.41, 5.74) is 5.14. The van der Waals surface area contributed by atoms with Crippen molar-refractivity contribution >= 4 is 0 Å². The number of imidazole rings is 1. The average Bonchev–Trinajstić information content (AvgIpc) is 2.76. The largest absolute Gasteiger partial charge is 0.336 e. The van der Waals surface area contributed by atoms with E-state index in [0.29, 0.717) is 0 Å². The Labute approximate surface area is 109 Å². The molecule has 2 aromatic rings. The van der Waals surface area contributed by atoms with Crippen LogP contribution in [0.25, 0.3) is 0 Å². The molecule has 0 aliphatic rings. The van der Waals surface area contributed by atoms with Gasteiger partial charge in [0.25, 0.3) is 0 Å². The van der Waals surface area contributed by atoms with Crippen LogP contribution in [0.1, 0.15) is 35.3 Å². The normalized spacial score (nSPS) is 12.7. The summed E-state index contributed by atoms with van der Waals surface area (Å²) in [4.78, 5) is 4.23. The van der Waals surface area contributed by atoms with Crippen molar-refractivity contribution in [2.24, 2.45) is 7.05 Å². The smallest absolute Gasteiger partial charge is 0.0946 e. The van der Waals surface area contributed by atoms with E-state index in [-0.39, 0.29) is 6.04 Å². The molecule has 0 saturated carbocycles. The Hall–Kier alpha value is -1.61. The van der Waals surface area contributed by atoms with Gasteiger partial charge >= 0.3 is 0 Å². The summed E-state index contributed by atoms with van der Waals surface area (Å²) >= 11 is 0. The fourth-order valence-electron chi connectivity index (χ4n) is 2.29. The molecular formula is C15H21N3. The van der Waals surface area contributed by atoms with E-state index in [9.17, 15) is 0 Å². The Morgan fingerprint density at radius 2 is 2.11 bits per heavy atom. The maximum Gasteiger partial charge on any atom is 0.0946 e. The average molecular weight is 243 g/mol. The van der Waals surface area contributed by atoms with Gasteiger partial charge < -0.3 is 9.88 Å². The van der Waals surface area contributed by atoms with Crippen molar-refractivity contribution in [3.05, 3.63) is 53.1 Å². The van der Waals surface area contributed by atoms with Gasteiger partial charge in [0, 0.05) is 7.05 Å². The number of hydrogen-bond donors (Lipinski definition) is 1. The Morgan fingerprint density at radius 1 is 1.33 bits per heavy atom. The van der Waals surface area contributed by atoms with Gasteiger partial charge in [0.2, 0.25) is 0 Å². The number of nitrogens with zero attached hydrogens (tertiary/aromatic N) is 2. The van der Waals surface area contributed by atoms with Crippen LogP contribution < -0.4 is 5.32 Å². The number of benzene rings is 1. The second-order valence-corrected chi connectivity index (χ2v) is 4.78. The number of rotatable bonds is 4. The molecule has 3 heteroatoms. The van der Waals surface area contributed by atoms with Gasteiger partial charge in [-0.2, -0.15) is 0 Å². The second-order valence-electron chi connectivity index (χ2n) is 4.78. The minimum absolute atomic E-state index is 0.211. The minimum Gasteiger partial charge on any atom is -0.336 e. The zero-order chi connectivity index (χ0) is 13.1. The van der Waals surface area contributed by atoms with Gasteiger partial charge in [-0.3, -0.25) is 0 Å². The molecule has 1 unspecified atom stereocenters. The first kappa shape index (κ1) is 12.8. The minimum atomic E-state index is 0.211. The van der Waals surface area contributed by atoms with Gasteiger partial charge in [-0.1, -0.05) is 30.7 Å². The summed E-state index contributed by atoms with van der Waals surface area (Å²) in [6.45, 7) is 7.36. The standard InChI is InChI=1S/C15H21N3/c1-5-17-15(14-9-16-10-18(14)4)13-8-11(2)6-7-12(13)3/h6-10,15,17H,5H2,1-4H3. The highest BCUT2D eigenvalue weighted by Gasteiger charge is 2.17. The molecule has 1 aromatic carbocycles. The van der Waals surface area contributed by atoms with Crippen LogP contribution in [0.4, 0.5) is 0 Å². The third-order valence-corrected chi connectivity index (χ3v) is 3.30. The number of aromatic nitrogens is 2. The first-order valence-corrected chi connectivity index (χ1v) is 6.40. The van der Waals surface area contributed by atoms with Crippen molar-refractivity contribution in [1.82, 2.24) is 14.9 Å². The zero-order valence-corrected chi connectivity index (χ0v) is 11.6. The van der Waals surface area contributed by atoms with Gasteiger partial charge in [-0.05, 0) is 31.5 Å². The van der Waals surface area contributed by atoms with Gasteiger partial charge in [0.1, 0.15) is 0 Å². The van der Waals surface area contributed by atoms with E-state index in [0.717, 1.165) is 6.54 Å². The molecule has 0 bridgehead atoms. The van der Waals surface area contributed by atoms with Crippen molar-refractivity contribution in [2.75, 3.05) is 6.54 Å². The monoisotopic (exact) mass is 243 g/mol. The predicted molar refractivity (Wildman–Crippen MR) is 74.6 cm³/mol. The van der Waals surface area contributed by atoms with Crippen molar-refractivity contribution in [2.45, 2.75) is 26.8 Å². The highest BCUT2D eigenvalue weighted by molar-refractivity contribution is 5.37. The molecule has 2 rings (SSSR count). The molecule has 18 heavy (non-hydrogen) atoms. The highest BCUT2D eigenvalue weighted by Crippen LogP contribution is 2.25. The summed E-state index contributed by atoms with van der Waals surface area (Å²) in [6, 6.07) is 6.81. The van der Waals surface area contributed by atoms with Crippen LogP contribution in [-0.4, -0.2) is 16.1 Å². The Balaban J connectivity index is 2.48. The maximum absolute atomic E-state index is 4.23. The summed E-state index contributed by atoms with van der Waals surface area (Å²) in [5.74, 6) is 0. The van der Waals surface area contributed by atoms with E-state index in [1.54, 1.807) is 0 Å². The molecule has 0 fully saturated rings. The lowest BCUT2D eigenvalue weighted by atomic mass is 9.97. The molecule has 0 saturated heterocycles. The van der Waals surface area contributed by atoms with Gasteiger partial charge in [-0.15, -0.1) is 0 Å². The fraction of sp³-hybridized carbons (Fsp3) is 0.400. The number of aryl methyl sites for hydroxylation is 3. The zero-order valence-electron chi connectivity index (χ0n) is 11.6. The van der Waals surface area contributed by atoms with Crippen molar-refractivity contribution in [3.8, 4) is 0 Å². The predicted octanol–water partition coefficient (Wildman–Crippen LogP) is 2.74. The molecule has 1 atom stereocenters. The van der Waals surface area contributed by atoms with E-state index >= 15 is 0 Å². The number of hydrogen-bond acceptors (Lipinski definition) is 2. The molecule has 1 heterocycles. The molecule has 0 spiro atoms. The summed E-state index contributed by atoms with van der Waals surface area (Å²) in [6.07, 6.45) is 3.79. The molecule has 1 N–H and O–H groups in total. The van der Waals surface area contributed by atoms with Gasteiger partial charge in [0.05, 0.1) is 24.3 Å². The molecule has 1 aromatic heterocycles. The van der Waals surface area contributed by atoms with Crippen molar-refractivity contribution in [1.29, 1.82) is 0 Å². The van der Waals surface area contributed by atoms with Gasteiger partial charge in [0.15, 0.2) is 0 Å². The van der Waals surface area contributed by atoms with Crippen molar-refractivity contribution in [3.63, 3.8) is 0 Å². The molecule has 96 valence electrons. The lowest BCUT2D eigenvalue weighted by Crippen LogP contribution is -2.24. The van der Waals surface area contributed by atoms with E-state index < -0.39 is 0 Å². The molecule has 3 nitrogen and oxygen atoms in total. The lowest BCUT2D eigenvalue weighted by molar-refractivity contribution is 0.591. The molecular weight excluding hydrogens is 222 g/mol. The van der Waals surface area contributed by atoms with Crippen LogP contribution in [0.15, 0.2) is 30.7 Å². The Kier molecular flexibility index (Phi) is 3.82.